The number of nitrogens with two attached hydrogens (primary N) is 1. The van der Waals surface area contributed by atoms with E-state index in [9.17, 15) is 4.79 Å². The van der Waals surface area contributed by atoms with Crippen molar-refractivity contribution in [1.29, 1.82) is 5.41 Å². The first-order valence-electron chi connectivity index (χ1n) is 7.73. The van der Waals surface area contributed by atoms with Crippen LogP contribution in [0.15, 0.2) is 54.7 Å². The predicted octanol–water partition coefficient (Wildman–Crippen LogP) is 3.81. The molecule has 1 unspecified atom stereocenters. The number of halogens is 1. The van der Waals surface area contributed by atoms with Crippen LogP contribution in [0.4, 0.5) is 5.69 Å². The number of benzene rings is 2. The summed E-state index contributed by atoms with van der Waals surface area (Å²) in [5.74, 6) is -0.0592. The Morgan fingerprint density at radius 1 is 1.25 bits per heavy atom. The fourth-order valence-electron chi connectivity index (χ4n) is 3.03. The fraction of sp³-hybridized carbons (Fsp3) is 0.158. The minimum Gasteiger partial charge on any atom is -0.404 e. The van der Waals surface area contributed by atoms with Crippen LogP contribution in [0.5, 0.6) is 0 Å². The van der Waals surface area contributed by atoms with Gasteiger partial charge in [-0.2, -0.15) is 0 Å². The normalized spacial score (nSPS) is 18.0. The van der Waals surface area contributed by atoms with Crippen LogP contribution in [0.2, 0.25) is 5.02 Å². The smallest absolute Gasteiger partial charge is 0.234 e. The minimum absolute atomic E-state index is 0.0895. The number of amides is 1. The first-order chi connectivity index (χ1) is 11.6. The van der Waals surface area contributed by atoms with Crippen molar-refractivity contribution in [2.24, 2.45) is 5.73 Å². The number of hydrogen-bond donors (Lipinski definition) is 2. The second-order valence-corrected chi connectivity index (χ2v) is 6.14. The molecule has 1 aliphatic heterocycles. The van der Waals surface area contributed by atoms with Gasteiger partial charge < -0.3 is 16.0 Å². The molecule has 0 saturated carbocycles. The van der Waals surface area contributed by atoms with Crippen molar-refractivity contribution in [3.63, 3.8) is 0 Å². The Morgan fingerprint density at radius 2 is 2.00 bits per heavy atom. The molecule has 1 atom stereocenters. The molecular weight excluding hydrogens is 322 g/mol. The maximum atomic E-state index is 12.8. The van der Waals surface area contributed by atoms with Gasteiger partial charge in [0.05, 0.1) is 5.92 Å². The quantitative estimate of drug-likeness (QED) is 0.831. The van der Waals surface area contributed by atoms with Crippen molar-refractivity contribution < 1.29 is 4.79 Å². The van der Waals surface area contributed by atoms with Crippen molar-refractivity contribution in [3.8, 4) is 0 Å². The number of allylic oxidation sites excluding steroid dienone is 1. The maximum absolute atomic E-state index is 12.8. The van der Waals surface area contributed by atoms with Gasteiger partial charge in [0, 0.05) is 35.2 Å². The topological polar surface area (TPSA) is 70.2 Å². The first kappa shape index (κ1) is 16.3. The molecule has 1 heterocycles. The molecule has 0 radical (unpaired) electrons. The van der Waals surface area contributed by atoms with E-state index in [2.05, 4.69) is 0 Å². The zero-order valence-corrected chi connectivity index (χ0v) is 13.8. The Labute approximate surface area is 146 Å². The molecule has 3 N–H and O–H groups in total. The number of anilines is 1. The highest BCUT2D eigenvalue weighted by molar-refractivity contribution is 6.30. The second-order valence-electron chi connectivity index (χ2n) is 5.70. The van der Waals surface area contributed by atoms with Gasteiger partial charge in [-0.15, -0.1) is 0 Å². The van der Waals surface area contributed by atoms with Gasteiger partial charge in [-0.3, -0.25) is 4.79 Å². The largest absolute Gasteiger partial charge is 0.404 e. The Kier molecular flexibility index (Phi) is 4.67. The summed E-state index contributed by atoms with van der Waals surface area (Å²) in [6, 6.07) is 15.0. The van der Waals surface area contributed by atoms with Crippen LogP contribution in [-0.2, 0) is 4.79 Å². The Bertz CT molecular complexity index is 799. The highest BCUT2D eigenvalue weighted by atomic mass is 35.5. The van der Waals surface area contributed by atoms with Crippen LogP contribution in [0.25, 0.3) is 5.57 Å². The van der Waals surface area contributed by atoms with E-state index in [0.29, 0.717) is 17.1 Å². The zero-order valence-electron chi connectivity index (χ0n) is 13.1. The van der Waals surface area contributed by atoms with E-state index < -0.39 is 0 Å². The highest BCUT2D eigenvalue weighted by Crippen LogP contribution is 2.33. The summed E-state index contributed by atoms with van der Waals surface area (Å²) in [5, 5.41) is 7.99. The summed E-state index contributed by atoms with van der Waals surface area (Å²) >= 11 is 6.04. The van der Waals surface area contributed by atoms with E-state index in [1.807, 2.05) is 48.5 Å². The minimum atomic E-state index is -0.149. The van der Waals surface area contributed by atoms with Crippen molar-refractivity contribution in [3.05, 3.63) is 70.9 Å². The third-order valence-electron chi connectivity index (χ3n) is 4.30. The van der Waals surface area contributed by atoms with Gasteiger partial charge in [-0.1, -0.05) is 35.9 Å². The van der Waals surface area contributed by atoms with Gasteiger partial charge >= 0.3 is 0 Å². The lowest BCUT2D eigenvalue weighted by Crippen LogP contribution is -2.26. The van der Waals surface area contributed by atoms with E-state index in [1.165, 1.54) is 12.4 Å². The average Bonchev–Trinajstić information content (AvgIpc) is 2.98. The SMILES string of the molecule is N=C/C(=C\N)c1ccc(N2CCC(c3cccc(Cl)c3)C2=O)cc1. The van der Waals surface area contributed by atoms with Crippen molar-refractivity contribution in [1.82, 2.24) is 0 Å². The standard InChI is InChI=1S/C19H18ClN3O/c20-16-3-1-2-14(10-16)18-8-9-23(19(18)24)17-6-4-13(5-7-17)15(11-21)12-22/h1-7,10-12,18,21H,8-9,22H2/b15-12+,21-11?. The number of carbonyl (C=O) groups is 1. The summed E-state index contributed by atoms with van der Waals surface area (Å²) in [6.45, 7) is 0.680. The monoisotopic (exact) mass is 339 g/mol. The molecule has 2 aromatic rings. The Morgan fingerprint density at radius 3 is 2.62 bits per heavy atom. The van der Waals surface area contributed by atoms with Crippen LogP contribution in [-0.4, -0.2) is 18.7 Å². The Balaban J connectivity index is 1.81. The van der Waals surface area contributed by atoms with Gasteiger partial charge in [0.1, 0.15) is 0 Å². The van der Waals surface area contributed by atoms with E-state index in [-0.39, 0.29) is 11.8 Å². The molecule has 122 valence electrons. The molecule has 2 aromatic carbocycles. The molecular formula is C19H18ClN3O. The van der Waals surface area contributed by atoms with Crippen LogP contribution in [0.3, 0.4) is 0 Å². The summed E-state index contributed by atoms with van der Waals surface area (Å²) in [5.41, 5.74) is 8.82. The maximum Gasteiger partial charge on any atom is 0.234 e. The molecule has 1 amide bonds. The number of hydrogen-bond acceptors (Lipinski definition) is 3. The molecule has 24 heavy (non-hydrogen) atoms. The fourth-order valence-corrected chi connectivity index (χ4v) is 3.23. The summed E-state index contributed by atoms with van der Waals surface area (Å²) in [6.07, 6.45) is 3.39. The highest BCUT2D eigenvalue weighted by Gasteiger charge is 2.33. The molecule has 3 rings (SSSR count). The van der Waals surface area contributed by atoms with Gasteiger partial charge in [-0.05, 0) is 41.8 Å². The first-order valence-corrected chi connectivity index (χ1v) is 8.11. The zero-order chi connectivity index (χ0) is 17.1. The second kappa shape index (κ2) is 6.89. The van der Waals surface area contributed by atoms with E-state index in [1.54, 1.807) is 4.90 Å². The molecule has 5 heteroatoms. The molecule has 4 nitrogen and oxygen atoms in total. The third-order valence-corrected chi connectivity index (χ3v) is 4.54. The number of nitrogens with zero attached hydrogens (tertiary/aromatic N) is 1. The van der Waals surface area contributed by atoms with Gasteiger partial charge in [-0.25, -0.2) is 0 Å². The van der Waals surface area contributed by atoms with E-state index >= 15 is 0 Å². The van der Waals surface area contributed by atoms with Crippen LogP contribution >= 0.6 is 11.6 Å². The van der Waals surface area contributed by atoms with Crippen LogP contribution in [0.1, 0.15) is 23.5 Å². The van der Waals surface area contributed by atoms with Crippen molar-refractivity contribution in [2.45, 2.75) is 12.3 Å². The molecule has 0 aliphatic carbocycles. The van der Waals surface area contributed by atoms with Crippen LogP contribution < -0.4 is 10.6 Å². The van der Waals surface area contributed by atoms with Crippen molar-refractivity contribution in [2.75, 3.05) is 11.4 Å². The number of rotatable bonds is 4. The lowest BCUT2D eigenvalue weighted by Gasteiger charge is -2.17. The summed E-state index contributed by atoms with van der Waals surface area (Å²) in [4.78, 5) is 14.6. The molecule has 0 bridgehead atoms. The molecule has 1 saturated heterocycles. The van der Waals surface area contributed by atoms with Gasteiger partial charge in [0.2, 0.25) is 5.91 Å². The molecule has 1 aliphatic rings. The number of nitrogens with one attached hydrogen (secondary N) is 1. The average molecular weight is 340 g/mol. The predicted molar refractivity (Wildman–Crippen MR) is 98.6 cm³/mol. The summed E-state index contributed by atoms with van der Waals surface area (Å²) in [7, 11) is 0. The summed E-state index contributed by atoms with van der Waals surface area (Å²) < 4.78 is 0. The number of carbonyl (C=O) groups excluding carboxylic acids is 1. The molecule has 0 aromatic heterocycles. The van der Waals surface area contributed by atoms with Gasteiger partial charge in [0.25, 0.3) is 0 Å². The third kappa shape index (κ3) is 3.05. The lowest BCUT2D eigenvalue weighted by molar-refractivity contribution is -0.118. The molecule has 1 fully saturated rings. The van der Waals surface area contributed by atoms with E-state index in [0.717, 1.165) is 23.2 Å². The lowest BCUT2D eigenvalue weighted by atomic mass is 9.98. The Hall–Kier alpha value is -2.59. The molecule has 0 spiro atoms. The van der Waals surface area contributed by atoms with E-state index in [4.69, 9.17) is 22.7 Å². The van der Waals surface area contributed by atoms with Gasteiger partial charge in [0.15, 0.2) is 0 Å². The van der Waals surface area contributed by atoms with Crippen molar-refractivity contribution >= 4 is 35.0 Å². The van der Waals surface area contributed by atoms with Crippen LogP contribution in [0, 0.1) is 5.41 Å².